The van der Waals surface area contributed by atoms with Crippen LogP contribution in [0, 0.1) is 0 Å². The predicted octanol–water partition coefficient (Wildman–Crippen LogP) is 3.65. The zero-order chi connectivity index (χ0) is 21.6. The SMILES string of the molecule is COc1ccc(S(=O)(=O)[C@@H](CNC(=O)COc2ccc(Cl)cc2)c2ccco2)cc1. The Morgan fingerprint density at radius 2 is 1.73 bits per heavy atom. The lowest BCUT2D eigenvalue weighted by Crippen LogP contribution is -2.34. The van der Waals surface area contributed by atoms with Crippen LogP contribution in [0.4, 0.5) is 0 Å². The second-order valence-corrected chi connectivity index (χ2v) is 8.84. The number of carbonyl (C=O) groups excluding carboxylic acids is 1. The zero-order valence-corrected chi connectivity index (χ0v) is 17.7. The van der Waals surface area contributed by atoms with Gasteiger partial charge >= 0.3 is 0 Å². The zero-order valence-electron chi connectivity index (χ0n) is 16.1. The number of amides is 1. The molecule has 7 nitrogen and oxygen atoms in total. The Balaban J connectivity index is 1.69. The first-order chi connectivity index (χ1) is 14.4. The molecule has 9 heteroatoms. The van der Waals surface area contributed by atoms with Crippen LogP contribution in [0.1, 0.15) is 11.0 Å². The number of sulfone groups is 1. The Kier molecular flexibility index (Phi) is 7.02. The number of methoxy groups -OCH3 is 1. The summed E-state index contributed by atoms with van der Waals surface area (Å²) in [6, 6.07) is 15.7. The van der Waals surface area contributed by atoms with Crippen molar-refractivity contribution in [3.05, 3.63) is 77.7 Å². The monoisotopic (exact) mass is 449 g/mol. The van der Waals surface area contributed by atoms with Crippen molar-refractivity contribution >= 4 is 27.3 Å². The number of rotatable bonds is 9. The summed E-state index contributed by atoms with van der Waals surface area (Å²) in [6.45, 7) is -0.445. The van der Waals surface area contributed by atoms with E-state index in [1.165, 1.54) is 25.5 Å². The molecule has 0 aliphatic heterocycles. The minimum atomic E-state index is -3.84. The summed E-state index contributed by atoms with van der Waals surface area (Å²) in [6.07, 6.45) is 1.39. The Morgan fingerprint density at radius 1 is 1.07 bits per heavy atom. The standard InChI is InChI=1S/C21H20ClNO6S/c1-27-16-8-10-18(11-9-16)30(25,26)20(19-3-2-12-28-19)13-23-21(24)14-29-17-6-4-15(22)5-7-17/h2-12,20H,13-14H2,1H3,(H,23,24)/t20-/m0/s1. The van der Waals surface area contributed by atoms with E-state index in [0.717, 1.165) is 0 Å². The first-order valence-electron chi connectivity index (χ1n) is 8.96. The second kappa shape index (κ2) is 9.69. The first-order valence-corrected chi connectivity index (χ1v) is 10.9. The molecular weight excluding hydrogens is 430 g/mol. The van der Waals surface area contributed by atoms with Crippen LogP contribution in [0.5, 0.6) is 11.5 Å². The number of nitrogens with one attached hydrogen (secondary N) is 1. The maximum Gasteiger partial charge on any atom is 0.257 e. The van der Waals surface area contributed by atoms with E-state index >= 15 is 0 Å². The van der Waals surface area contributed by atoms with Gasteiger partial charge in [-0.3, -0.25) is 4.79 Å². The van der Waals surface area contributed by atoms with E-state index in [9.17, 15) is 13.2 Å². The molecule has 158 valence electrons. The van der Waals surface area contributed by atoms with Gasteiger partial charge in [0.1, 0.15) is 22.5 Å². The van der Waals surface area contributed by atoms with Crippen molar-refractivity contribution in [3.8, 4) is 11.5 Å². The number of halogens is 1. The lowest BCUT2D eigenvalue weighted by Gasteiger charge is -2.17. The topological polar surface area (TPSA) is 94.8 Å². The highest BCUT2D eigenvalue weighted by molar-refractivity contribution is 7.91. The van der Waals surface area contributed by atoms with Gasteiger partial charge in [0.15, 0.2) is 16.4 Å². The number of carbonyl (C=O) groups is 1. The van der Waals surface area contributed by atoms with Gasteiger partial charge in [0.25, 0.3) is 5.91 Å². The molecule has 30 heavy (non-hydrogen) atoms. The molecule has 1 aromatic heterocycles. The molecule has 0 saturated carbocycles. The largest absolute Gasteiger partial charge is 0.497 e. The molecular formula is C21H20ClNO6S. The molecule has 0 unspecified atom stereocenters. The predicted molar refractivity (Wildman–Crippen MR) is 112 cm³/mol. The molecule has 1 heterocycles. The van der Waals surface area contributed by atoms with E-state index in [0.29, 0.717) is 16.5 Å². The molecule has 1 atom stereocenters. The smallest absolute Gasteiger partial charge is 0.257 e. The lowest BCUT2D eigenvalue weighted by molar-refractivity contribution is -0.123. The van der Waals surface area contributed by atoms with Gasteiger partial charge < -0.3 is 19.2 Å². The summed E-state index contributed by atoms with van der Waals surface area (Å²) >= 11 is 5.81. The molecule has 0 aliphatic carbocycles. The average Bonchev–Trinajstić information content (AvgIpc) is 3.27. The third kappa shape index (κ3) is 5.34. The summed E-state index contributed by atoms with van der Waals surface area (Å²) in [5.41, 5.74) is 0. The Bertz CT molecular complexity index is 1060. The lowest BCUT2D eigenvalue weighted by atomic mass is 10.3. The molecule has 0 spiro atoms. The highest BCUT2D eigenvalue weighted by atomic mass is 35.5. The quantitative estimate of drug-likeness (QED) is 0.535. The van der Waals surface area contributed by atoms with Gasteiger partial charge in [-0.1, -0.05) is 11.6 Å². The molecule has 0 bridgehead atoms. The van der Waals surface area contributed by atoms with E-state index in [-0.39, 0.29) is 23.8 Å². The molecule has 3 aromatic rings. The van der Waals surface area contributed by atoms with Crippen LogP contribution in [0.2, 0.25) is 5.02 Å². The number of ether oxygens (including phenoxy) is 2. The Hall–Kier alpha value is -2.97. The van der Waals surface area contributed by atoms with Gasteiger partial charge in [-0.25, -0.2) is 8.42 Å². The molecule has 1 N–H and O–H groups in total. The van der Waals surface area contributed by atoms with Crippen molar-refractivity contribution in [3.63, 3.8) is 0 Å². The van der Waals surface area contributed by atoms with Crippen LogP contribution in [-0.4, -0.2) is 34.6 Å². The highest BCUT2D eigenvalue weighted by Gasteiger charge is 2.32. The van der Waals surface area contributed by atoms with E-state index in [1.54, 1.807) is 48.5 Å². The third-order valence-electron chi connectivity index (χ3n) is 4.29. The highest BCUT2D eigenvalue weighted by Crippen LogP contribution is 2.30. The van der Waals surface area contributed by atoms with Gasteiger partial charge in [-0.2, -0.15) is 0 Å². The molecule has 2 aromatic carbocycles. The van der Waals surface area contributed by atoms with Crippen LogP contribution in [0.3, 0.4) is 0 Å². The van der Waals surface area contributed by atoms with Gasteiger partial charge in [0, 0.05) is 11.6 Å². The van der Waals surface area contributed by atoms with Crippen LogP contribution in [0.25, 0.3) is 0 Å². The van der Waals surface area contributed by atoms with Gasteiger partial charge in [-0.05, 0) is 60.7 Å². The third-order valence-corrected chi connectivity index (χ3v) is 6.62. The molecule has 0 radical (unpaired) electrons. The molecule has 1 amide bonds. The molecule has 0 fully saturated rings. The number of benzene rings is 2. The molecule has 0 saturated heterocycles. The van der Waals surface area contributed by atoms with Crippen molar-refractivity contribution in [2.24, 2.45) is 0 Å². The van der Waals surface area contributed by atoms with E-state index < -0.39 is 21.0 Å². The summed E-state index contributed by atoms with van der Waals surface area (Å²) < 4.78 is 42.1. The van der Waals surface area contributed by atoms with Crippen LogP contribution in [0.15, 0.2) is 76.2 Å². The van der Waals surface area contributed by atoms with Crippen molar-refractivity contribution < 1.29 is 27.1 Å². The summed E-state index contributed by atoms with van der Waals surface area (Å²) in [5.74, 6) is 0.773. The van der Waals surface area contributed by atoms with Crippen LogP contribution in [-0.2, 0) is 14.6 Å². The van der Waals surface area contributed by atoms with Crippen molar-refractivity contribution in [2.75, 3.05) is 20.3 Å². The number of hydrogen-bond donors (Lipinski definition) is 1. The minimum absolute atomic E-state index is 0.0939. The minimum Gasteiger partial charge on any atom is -0.497 e. The fourth-order valence-corrected chi connectivity index (χ4v) is 4.42. The second-order valence-electron chi connectivity index (χ2n) is 6.27. The fraction of sp³-hybridized carbons (Fsp3) is 0.190. The van der Waals surface area contributed by atoms with Crippen molar-refractivity contribution in [2.45, 2.75) is 10.1 Å². The normalized spacial score (nSPS) is 12.2. The van der Waals surface area contributed by atoms with E-state index in [4.69, 9.17) is 25.5 Å². The van der Waals surface area contributed by atoms with E-state index in [2.05, 4.69) is 5.32 Å². The fourth-order valence-electron chi connectivity index (χ4n) is 2.70. The van der Waals surface area contributed by atoms with Crippen LogP contribution < -0.4 is 14.8 Å². The first kappa shape index (κ1) is 21.7. The molecule has 3 rings (SSSR count). The summed E-state index contributed by atoms with van der Waals surface area (Å²) in [4.78, 5) is 12.3. The molecule has 0 aliphatic rings. The van der Waals surface area contributed by atoms with Gasteiger partial charge in [-0.15, -0.1) is 0 Å². The maximum atomic E-state index is 13.2. The van der Waals surface area contributed by atoms with Crippen LogP contribution >= 0.6 is 11.6 Å². The maximum absolute atomic E-state index is 13.2. The Labute approximate surface area is 179 Å². The summed E-state index contributed by atoms with van der Waals surface area (Å²) in [5, 5.41) is 2.05. The summed E-state index contributed by atoms with van der Waals surface area (Å²) in [7, 11) is -2.34. The number of furan rings is 1. The Morgan fingerprint density at radius 3 is 2.33 bits per heavy atom. The van der Waals surface area contributed by atoms with Gasteiger partial charge in [0.05, 0.1) is 18.3 Å². The average molecular weight is 450 g/mol. The van der Waals surface area contributed by atoms with E-state index in [1.807, 2.05) is 0 Å². The number of hydrogen-bond acceptors (Lipinski definition) is 6. The van der Waals surface area contributed by atoms with Crippen molar-refractivity contribution in [1.82, 2.24) is 5.32 Å². The van der Waals surface area contributed by atoms with Crippen molar-refractivity contribution in [1.29, 1.82) is 0 Å². The van der Waals surface area contributed by atoms with Gasteiger partial charge in [0.2, 0.25) is 0 Å².